The zero-order chi connectivity index (χ0) is 6.62. The van der Waals surface area contributed by atoms with Crippen LogP contribution in [-0.2, 0) is 3.53 Å². The number of hydrogen-bond donors (Lipinski definition) is 0. The molecule has 0 fully saturated rings. The molecule has 1 nitrogen and oxygen atoms in total. The third-order valence-electron chi connectivity index (χ3n) is 1.78. The van der Waals surface area contributed by atoms with Crippen LogP contribution in [0, 0.1) is 0 Å². The predicted octanol–water partition coefficient (Wildman–Crippen LogP) is 1.67. The summed E-state index contributed by atoms with van der Waals surface area (Å²) in [5, 5.41) is 0. The molecule has 0 aliphatic carbocycles. The Morgan fingerprint density at radius 3 is 1.75 bits per heavy atom. The van der Waals surface area contributed by atoms with E-state index in [2.05, 4.69) is 20.8 Å². The van der Waals surface area contributed by atoms with E-state index < -0.39 is 0 Å². The van der Waals surface area contributed by atoms with Crippen LogP contribution in [0.25, 0.3) is 0 Å². The van der Waals surface area contributed by atoms with Crippen LogP contribution in [-0.4, -0.2) is 24.6 Å². The van der Waals surface area contributed by atoms with Crippen LogP contribution >= 0.6 is 0 Å². The molecule has 0 amide bonds. The van der Waals surface area contributed by atoms with Gasteiger partial charge >= 0.3 is 61.7 Å². The van der Waals surface area contributed by atoms with Gasteiger partial charge in [0.2, 0.25) is 0 Å². The molecule has 0 atom stereocenters. The summed E-state index contributed by atoms with van der Waals surface area (Å²) in [4.78, 5) is 0. The van der Waals surface area contributed by atoms with Crippen molar-refractivity contribution in [1.82, 2.24) is 0 Å². The third kappa shape index (κ3) is 2.24. The fourth-order valence-corrected chi connectivity index (χ4v) is 1.12. The molecule has 0 heterocycles. The van der Waals surface area contributed by atoms with Crippen LogP contribution in [0.3, 0.4) is 0 Å². The van der Waals surface area contributed by atoms with Crippen LogP contribution in [0.15, 0.2) is 0 Å². The van der Waals surface area contributed by atoms with Gasteiger partial charge in [-0.2, -0.15) is 0 Å². The summed E-state index contributed by atoms with van der Waals surface area (Å²) >= 11 is 1.36. The molecule has 0 saturated carbocycles. The molecule has 0 bridgehead atoms. The molecule has 0 unspecified atom stereocenters. The molecule has 0 aliphatic heterocycles. The Hall–Kier alpha value is 0.596. The van der Waals surface area contributed by atoms with Gasteiger partial charge < -0.3 is 0 Å². The van der Waals surface area contributed by atoms with Gasteiger partial charge in [0.05, 0.1) is 0 Å². The van der Waals surface area contributed by atoms with Crippen LogP contribution in [0.5, 0.6) is 0 Å². The fraction of sp³-hybridized carbons (Fsp3) is 1.00. The number of hydrogen-bond acceptors (Lipinski definition) is 1. The van der Waals surface area contributed by atoms with Gasteiger partial charge in [-0.05, 0) is 0 Å². The minimum absolute atomic E-state index is 0.153. The van der Waals surface area contributed by atoms with Crippen molar-refractivity contribution in [1.29, 1.82) is 0 Å². The van der Waals surface area contributed by atoms with Crippen molar-refractivity contribution in [2.75, 3.05) is 0 Å². The first kappa shape index (κ1) is 8.60. The van der Waals surface area contributed by atoms with Gasteiger partial charge in [-0.1, -0.05) is 0 Å². The third-order valence-corrected chi connectivity index (χ3v) is 2.97. The molecule has 0 aromatic heterocycles. The van der Waals surface area contributed by atoms with E-state index in [1.54, 1.807) is 0 Å². The Labute approximate surface area is 62.1 Å². The monoisotopic (exact) mass is 170 g/mol. The molecule has 0 N–H and O–H groups in total. The molecule has 2 radical (unpaired) electrons. The van der Waals surface area contributed by atoms with Gasteiger partial charge in [0, 0.05) is 0 Å². The second kappa shape index (κ2) is 3.59. The quantitative estimate of drug-likeness (QED) is 0.586. The van der Waals surface area contributed by atoms with Crippen molar-refractivity contribution >= 4 is 19.0 Å². The summed E-state index contributed by atoms with van der Waals surface area (Å²) in [6, 6.07) is 0. The Morgan fingerprint density at radius 1 is 1.38 bits per heavy atom. The van der Waals surface area contributed by atoms with Crippen LogP contribution < -0.4 is 0 Å². The Bertz CT molecular complexity index is 51.3. The summed E-state index contributed by atoms with van der Waals surface area (Å²) in [6.45, 7) is 6.46. The van der Waals surface area contributed by atoms with E-state index in [4.69, 9.17) is 3.53 Å². The van der Waals surface area contributed by atoms with Gasteiger partial charge in [-0.25, -0.2) is 0 Å². The topological polar surface area (TPSA) is 9.23 Å². The maximum absolute atomic E-state index is 5.30. The molecule has 2 heteroatoms. The Kier molecular flexibility index (Phi) is 3.86. The zero-order valence-corrected chi connectivity index (χ0v) is 8.32. The molecule has 0 aliphatic rings. The van der Waals surface area contributed by atoms with Gasteiger partial charge in [0.25, 0.3) is 0 Å². The molecule has 0 saturated heterocycles. The summed E-state index contributed by atoms with van der Waals surface area (Å²) in [6.07, 6.45) is 2.23. The van der Waals surface area contributed by atoms with E-state index in [9.17, 15) is 0 Å². The first-order valence-corrected chi connectivity index (χ1v) is 4.05. The van der Waals surface area contributed by atoms with E-state index >= 15 is 0 Å². The van der Waals surface area contributed by atoms with E-state index in [0.29, 0.717) is 0 Å². The average molecular weight is 171 g/mol. The van der Waals surface area contributed by atoms with Gasteiger partial charge in [0.1, 0.15) is 0 Å². The second-order valence-electron chi connectivity index (χ2n) is 2.27. The van der Waals surface area contributed by atoms with Crippen molar-refractivity contribution < 1.29 is 3.53 Å². The zero-order valence-electron chi connectivity index (χ0n) is 5.90. The van der Waals surface area contributed by atoms with Crippen molar-refractivity contribution in [3.63, 3.8) is 0 Å². The van der Waals surface area contributed by atoms with E-state index in [1.165, 1.54) is 19.0 Å². The van der Waals surface area contributed by atoms with Crippen molar-refractivity contribution in [2.45, 2.75) is 39.2 Å². The maximum atomic E-state index is 5.30. The van der Waals surface area contributed by atoms with Crippen molar-refractivity contribution in [2.24, 2.45) is 0 Å². The van der Waals surface area contributed by atoms with Crippen molar-refractivity contribution in [3.8, 4) is 0 Å². The first-order chi connectivity index (χ1) is 3.68. The molecular formula is C6H13GaO. The van der Waals surface area contributed by atoms with E-state index in [-0.39, 0.29) is 5.60 Å². The summed E-state index contributed by atoms with van der Waals surface area (Å²) < 4.78 is 5.30. The van der Waals surface area contributed by atoms with Gasteiger partial charge in [0.15, 0.2) is 0 Å². The molecule has 0 aromatic rings. The van der Waals surface area contributed by atoms with E-state index in [1.807, 2.05) is 0 Å². The van der Waals surface area contributed by atoms with Gasteiger partial charge in [-0.3, -0.25) is 0 Å². The average Bonchev–Trinajstić information content (AvgIpc) is 1.87. The fourth-order valence-electron chi connectivity index (χ4n) is 0.417. The van der Waals surface area contributed by atoms with E-state index in [0.717, 1.165) is 12.8 Å². The summed E-state index contributed by atoms with van der Waals surface area (Å²) in [7, 11) is 0. The molecular weight excluding hydrogens is 158 g/mol. The Balaban J connectivity index is 3.58. The number of rotatable bonds is 3. The normalized spacial score (nSPS) is 11.9. The molecule has 0 aromatic carbocycles. The summed E-state index contributed by atoms with van der Waals surface area (Å²) in [5.41, 5.74) is 0.153. The predicted molar refractivity (Wildman–Crippen MR) is 35.8 cm³/mol. The first-order valence-electron chi connectivity index (χ1n) is 3.06. The molecule has 46 valence electrons. The standard InChI is InChI=1S/C6H13O.Ga/c1-4-6(3,7)5-2;/h4-5H2,1-3H3;/q-1;+1. The SMILES string of the molecule is CCC(C)(CC)[O][Ga]. The Morgan fingerprint density at radius 2 is 1.75 bits per heavy atom. The second-order valence-corrected chi connectivity index (χ2v) is 2.77. The minimum atomic E-state index is 0.153. The molecule has 0 rings (SSSR count). The van der Waals surface area contributed by atoms with Crippen LogP contribution in [0.1, 0.15) is 33.6 Å². The molecule has 8 heavy (non-hydrogen) atoms. The van der Waals surface area contributed by atoms with Crippen LogP contribution in [0.2, 0.25) is 0 Å². The van der Waals surface area contributed by atoms with Gasteiger partial charge in [-0.15, -0.1) is 0 Å². The molecule has 0 spiro atoms. The van der Waals surface area contributed by atoms with Crippen molar-refractivity contribution in [3.05, 3.63) is 0 Å². The summed E-state index contributed by atoms with van der Waals surface area (Å²) in [5.74, 6) is 0. The van der Waals surface area contributed by atoms with Crippen LogP contribution in [0.4, 0.5) is 0 Å².